The van der Waals surface area contributed by atoms with Gasteiger partial charge in [0.1, 0.15) is 5.75 Å². The Bertz CT molecular complexity index is 960. The summed E-state index contributed by atoms with van der Waals surface area (Å²) in [6, 6.07) is 26.1. The molecule has 0 bridgehead atoms. The van der Waals surface area contributed by atoms with Crippen LogP contribution in [0.15, 0.2) is 85.1 Å². The number of aromatic nitrogens is 1. The molecule has 0 aliphatic rings. The summed E-state index contributed by atoms with van der Waals surface area (Å²) in [7, 11) is 0. The minimum absolute atomic E-state index is 0.296. The van der Waals surface area contributed by atoms with Gasteiger partial charge in [-0.25, -0.2) is 0 Å². The van der Waals surface area contributed by atoms with Gasteiger partial charge in [-0.05, 0) is 52.2 Å². The zero-order valence-corrected chi connectivity index (χ0v) is 12.5. The number of hydrogen-bond acceptors (Lipinski definition) is 2. The largest absolute Gasteiger partial charge is 0.508 e. The lowest BCUT2D eigenvalue weighted by atomic mass is 9.99. The fraction of sp³-hybridized carbons (Fsp3) is 0. The van der Waals surface area contributed by atoms with Gasteiger partial charge >= 0.3 is 0 Å². The minimum atomic E-state index is 0.296. The zero-order chi connectivity index (χ0) is 15.6. The van der Waals surface area contributed by atoms with Gasteiger partial charge in [0.15, 0.2) is 0 Å². The lowest BCUT2D eigenvalue weighted by Gasteiger charge is -2.06. The number of rotatable bonds is 2. The standard InChI is InChI=1S/C21H15NO/c23-20-11-10-18-13-17(8-9-19(18)14-20)15-4-6-16(7-5-15)21-3-1-2-12-22-21/h1-14,23H. The maximum Gasteiger partial charge on any atom is 0.116 e. The number of aromatic hydroxyl groups is 1. The number of hydrogen-bond donors (Lipinski definition) is 1. The van der Waals surface area contributed by atoms with Gasteiger partial charge in [-0.3, -0.25) is 4.98 Å². The average Bonchev–Trinajstić information content (AvgIpc) is 2.62. The Morgan fingerprint density at radius 2 is 1.30 bits per heavy atom. The van der Waals surface area contributed by atoms with E-state index in [0.717, 1.165) is 27.6 Å². The van der Waals surface area contributed by atoms with Crippen LogP contribution < -0.4 is 0 Å². The molecule has 23 heavy (non-hydrogen) atoms. The second-order valence-corrected chi connectivity index (χ2v) is 5.54. The van der Waals surface area contributed by atoms with Crippen molar-refractivity contribution in [1.29, 1.82) is 0 Å². The maximum atomic E-state index is 9.55. The highest BCUT2D eigenvalue weighted by atomic mass is 16.3. The number of benzene rings is 3. The monoisotopic (exact) mass is 297 g/mol. The number of pyridine rings is 1. The van der Waals surface area contributed by atoms with Gasteiger partial charge < -0.3 is 5.11 Å². The summed E-state index contributed by atoms with van der Waals surface area (Å²) in [4.78, 5) is 4.38. The van der Waals surface area contributed by atoms with Gasteiger partial charge in [0, 0.05) is 11.8 Å². The van der Waals surface area contributed by atoms with E-state index in [1.807, 2.05) is 36.5 Å². The van der Waals surface area contributed by atoms with Crippen molar-refractivity contribution >= 4 is 10.8 Å². The van der Waals surface area contributed by atoms with Crippen LogP contribution in [0.25, 0.3) is 33.2 Å². The fourth-order valence-corrected chi connectivity index (χ4v) is 2.78. The summed E-state index contributed by atoms with van der Waals surface area (Å²) >= 11 is 0. The molecule has 0 aliphatic heterocycles. The molecule has 0 fully saturated rings. The van der Waals surface area contributed by atoms with Crippen molar-refractivity contribution in [2.75, 3.05) is 0 Å². The van der Waals surface area contributed by atoms with Crippen molar-refractivity contribution in [2.24, 2.45) is 0 Å². The molecule has 1 aromatic heterocycles. The molecule has 3 aromatic carbocycles. The summed E-state index contributed by atoms with van der Waals surface area (Å²) in [5.41, 5.74) is 4.42. The van der Waals surface area contributed by atoms with E-state index in [1.54, 1.807) is 12.1 Å². The van der Waals surface area contributed by atoms with Crippen molar-refractivity contribution < 1.29 is 5.11 Å². The van der Waals surface area contributed by atoms with Crippen LogP contribution in [0.1, 0.15) is 0 Å². The molecule has 110 valence electrons. The van der Waals surface area contributed by atoms with E-state index >= 15 is 0 Å². The Kier molecular flexibility index (Phi) is 3.28. The zero-order valence-electron chi connectivity index (χ0n) is 12.5. The first-order valence-electron chi connectivity index (χ1n) is 7.54. The molecule has 0 saturated heterocycles. The smallest absolute Gasteiger partial charge is 0.116 e. The summed E-state index contributed by atoms with van der Waals surface area (Å²) < 4.78 is 0. The van der Waals surface area contributed by atoms with Crippen LogP contribution in [0.5, 0.6) is 5.75 Å². The summed E-state index contributed by atoms with van der Waals surface area (Å²) in [6.45, 7) is 0. The van der Waals surface area contributed by atoms with Crippen LogP contribution >= 0.6 is 0 Å². The molecule has 0 spiro atoms. The second-order valence-electron chi connectivity index (χ2n) is 5.54. The van der Waals surface area contributed by atoms with Crippen LogP contribution in [0, 0.1) is 0 Å². The molecule has 2 heteroatoms. The topological polar surface area (TPSA) is 33.1 Å². The molecule has 1 heterocycles. The van der Waals surface area contributed by atoms with Crippen LogP contribution in [0.4, 0.5) is 0 Å². The van der Waals surface area contributed by atoms with E-state index in [4.69, 9.17) is 0 Å². The van der Waals surface area contributed by atoms with Crippen molar-refractivity contribution in [3.63, 3.8) is 0 Å². The van der Waals surface area contributed by atoms with Gasteiger partial charge in [0.25, 0.3) is 0 Å². The van der Waals surface area contributed by atoms with E-state index in [-0.39, 0.29) is 0 Å². The maximum absolute atomic E-state index is 9.55. The molecule has 2 nitrogen and oxygen atoms in total. The van der Waals surface area contributed by atoms with E-state index in [1.165, 1.54) is 5.56 Å². The molecule has 0 amide bonds. The molecule has 4 aromatic rings. The molecular formula is C21H15NO. The third kappa shape index (κ3) is 2.67. The van der Waals surface area contributed by atoms with Crippen LogP contribution in [0.2, 0.25) is 0 Å². The number of phenols is 1. The van der Waals surface area contributed by atoms with E-state index in [0.29, 0.717) is 5.75 Å². The van der Waals surface area contributed by atoms with Gasteiger partial charge in [0.05, 0.1) is 5.69 Å². The quantitative estimate of drug-likeness (QED) is 0.546. The Balaban J connectivity index is 1.72. The Labute approximate surface area is 134 Å². The van der Waals surface area contributed by atoms with E-state index < -0.39 is 0 Å². The van der Waals surface area contributed by atoms with Crippen molar-refractivity contribution in [3.8, 4) is 28.1 Å². The number of fused-ring (bicyclic) bond motifs is 1. The first kappa shape index (κ1) is 13.5. The molecule has 0 unspecified atom stereocenters. The molecule has 1 N–H and O–H groups in total. The van der Waals surface area contributed by atoms with Gasteiger partial charge in [-0.1, -0.05) is 48.5 Å². The average molecular weight is 297 g/mol. The number of phenolic OH excluding ortho intramolecular Hbond substituents is 1. The molecule has 0 atom stereocenters. The van der Waals surface area contributed by atoms with E-state index in [2.05, 4.69) is 41.4 Å². The Morgan fingerprint density at radius 1 is 0.609 bits per heavy atom. The second kappa shape index (κ2) is 5.58. The van der Waals surface area contributed by atoms with Gasteiger partial charge in [-0.2, -0.15) is 0 Å². The highest BCUT2D eigenvalue weighted by Crippen LogP contribution is 2.28. The SMILES string of the molecule is Oc1ccc2cc(-c3ccc(-c4ccccn4)cc3)ccc2c1. The normalized spacial score (nSPS) is 10.8. The lowest BCUT2D eigenvalue weighted by Crippen LogP contribution is -1.83. The van der Waals surface area contributed by atoms with Crippen molar-refractivity contribution in [3.05, 3.63) is 85.1 Å². The van der Waals surface area contributed by atoms with Gasteiger partial charge in [-0.15, -0.1) is 0 Å². The molecule has 0 radical (unpaired) electrons. The van der Waals surface area contributed by atoms with Crippen molar-refractivity contribution in [2.45, 2.75) is 0 Å². The Hall–Kier alpha value is -3.13. The minimum Gasteiger partial charge on any atom is -0.508 e. The Morgan fingerprint density at radius 3 is 2.09 bits per heavy atom. The first-order chi connectivity index (χ1) is 11.3. The predicted molar refractivity (Wildman–Crippen MR) is 94.3 cm³/mol. The van der Waals surface area contributed by atoms with Gasteiger partial charge in [0.2, 0.25) is 0 Å². The number of nitrogens with zero attached hydrogens (tertiary/aromatic N) is 1. The predicted octanol–water partition coefficient (Wildman–Crippen LogP) is 5.27. The van der Waals surface area contributed by atoms with Crippen LogP contribution in [0.3, 0.4) is 0 Å². The summed E-state index contributed by atoms with van der Waals surface area (Å²) in [5, 5.41) is 11.7. The summed E-state index contributed by atoms with van der Waals surface area (Å²) in [5.74, 6) is 0.296. The van der Waals surface area contributed by atoms with Crippen LogP contribution in [-0.2, 0) is 0 Å². The molecule has 4 rings (SSSR count). The molecule has 0 aliphatic carbocycles. The first-order valence-corrected chi connectivity index (χ1v) is 7.54. The highest BCUT2D eigenvalue weighted by Gasteiger charge is 2.03. The molecule has 0 saturated carbocycles. The van der Waals surface area contributed by atoms with E-state index in [9.17, 15) is 5.11 Å². The van der Waals surface area contributed by atoms with Crippen molar-refractivity contribution in [1.82, 2.24) is 4.98 Å². The third-order valence-electron chi connectivity index (χ3n) is 4.00. The lowest BCUT2D eigenvalue weighted by molar-refractivity contribution is 0.476. The summed E-state index contributed by atoms with van der Waals surface area (Å²) in [6.07, 6.45) is 1.81. The fourth-order valence-electron chi connectivity index (χ4n) is 2.78. The highest BCUT2D eigenvalue weighted by molar-refractivity contribution is 5.88. The van der Waals surface area contributed by atoms with Crippen LogP contribution in [-0.4, -0.2) is 10.1 Å². The third-order valence-corrected chi connectivity index (χ3v) is 4.00. The molecular weight excluding hydrogens is 282 g/mol.